The maximum Gasteiger partial charge on any atom is 0.125 e. The average Bonchev–Trinajstić information content (AvgIpc) is 2.41. The van der Waals surface area contributed by atoms with Crippen molar-refractivity contribution < 1.29 is 4.39 Å². The SMILES string of the molecule is Cc1c(Br)cccc1N1C=c2ccc(F)cc2=NC1. The van der Waals surface area contributed by atoms with Gasteiger partial charge < -0.3 is 4.90 Å². The Morgan fingerprint density at radius 2 is 2.11 bits per heavy atom. The Morgan fingerprint density at radius 3 is 2.95 bits per heavy atom. The molecule has 96 valence electrons. The van der Waals surface area contributed by atoms with Gasteiger partial charge in [-0.3, -0.25) is 4.99 Å². The minimum Gasteiger partial charge on any atom is -0.327 e. The number of fused-ring (bicyclic) bond motifs is 1. The molecule has 0 N–H and O–H groups in total. The van der Waals surface area contributed by atoms with E-state index >= 15 is 0 Å². The molecule has 19 heavy (non-hydrogen) atoms. The molecule has 1 aliphatic heterocycles. The van der Waals surface area contributed by atoms with Crippen LogP contribution in [-0.2, 0) is 0 Å². The van der Waals surface area contributed by atoms with Gasteiger partial charge in [-0.25, -0.2) is 4.39 Å². The molecule has 3 rings (SSSR count). The van der Waals surface area contributed by atoms with Crippen molar-refractivity contribution in [3.63, 3.8) is 0 Å². The summed E-state index contributed by atoms with van der Waals surface area (Å²) in [7, 11) is 0. The summed E-state index contributed by atoms with van der Waals surface area (Å²) in [5, 5.41) is 1.65. The largest absolute Gasteiger partial charge is 0.327 e. The smallest absolute Gasteiger partial charge is 0.125 e. The van der Waals surface area contributed by atoms with Gasteiger partial charge in [0.05, 0.1) is 5.36 Å². The first-order chi connectivity index (χ1) is 9.15. The molecule has 1 heterocycles. The van der Waals surface area contributed by atoms with Crippen molar-refractivity contribution in [1.29, 1.82) is 0 Å². The van der Waals surface area contributed by atoms with Gasteiger partial charge in [0, 0.05) is 21.6 Å². The lowest BCUT2D eigenvalue weighted by atomic mass is 10.2. The van der Waals surface area contributed by atoms with Crippen molar-refractivity contribution in [3.8, 4) is 0 Å². The Labute approximate surface area is 119 Å². The number of hydrogen-bond donors (Lipinski definition) is 0. The minimum absolute atomic E-state index is 0.247. The standard InChI is InChI=1S/C15H12BrFN2/c1-10-13(16)3-2-4-15(10)19-8-11-5-6-12(17)7-14(11)18-9-19/h2-8H,9H2,1H3. The predicted molar refractivity (Wildman–Crippen MR) is 77.9 cm³/mol. The topological polar surface area (TPSA) is 15.6 Å². The third-order valence-corrected chi connectivity index (χ3v) is 4.09. The van der Waals surface area contributed by atoms with Crippen LogP contribution in [0.2, 0.25) is 0 Å². The molecule has 0 bridgehead atoms. The van der Waals surface area contributed by atoms with E-state index in [4.69, 9.17) is 0 Å². The third kappa shape index (κ3) is 2.28. The predicted octanol–water partition coefficient (Wildman–Crippen LogP) is 2.73. The zero-order chi connectivity index (χ0) is 13.4. The molecule has 0 saturated heterocycles. The molecule has 1 aliphatic rings. The van der Waals surface area contributed by atoms with E-state index in [1.165, 1.54) is 17.7 Å². The second-order valence-corrected chi connectivity index (χ2v) is 5.34. The number of hydrogen-bond acceptors (Lipinski definition) is 2. The Kier molecular flexibility index (Phi) is 3.11. The number of anilines is 1. The highest BCUT2D eigenvalue weighted by atomic mass is 79.9. The molecule has 0 fully saturated rings. The quantitative estimate of drug-likeness (QED) is 0.789. The van der Waals surface area contributed by atoms with Gasteiger partial charge in [0.15, 0.2) is 0 Å². The normalized spacial score (nSPS) is 13.5. The third-order valence-electron chi connectivity index (χ3n) is 3.23. The van der Waals surface area contributed by atoms with E-state index in [1.54, 1.807) is 6.07 Å². The number of benzene rings is 2. The first kappa shape index (κ1) is 12.4. The van der Waals surface area contributed by atoms with E-state index in [0.29, 0.717) is 12.0 Å². The number of nitrogens with zero attached hydrogens (tertiary/aromatic N) is 2. The van der Waals surface area contributed by atoms with Crippen molar-refractivity contribution >= 4 is 27.8 Å². The molecule has 0 radical (unpaired) electrons. The van der Waals surface area contributed by atoms with Crippen LogP contribution in [0.25, 0.3) is 6.20 Å². The zero-order valence-corrected chi connectivity index (χ0v) is 12.0. The molecule has 0 aromatic heterocycles. The summed E-state index contributed by atoms with van der Waals surface area (Å²) >= 11 is 3.53. The summed E-state index contributed by atoms with van der Waals surface area (Å²) in [4.78, 5) is 6.49. The van der Waals surface area contributed by atoms with Gasteiger partial charge in [-0.2, -0.15) is 0 Å². The lowest BCUT2D eigenvalue weighted by Gasteiger charge is -2.23. The Morgan fingerprint density at radius 1 is 1.26 bits per heavy atom. The van der Waals surface area contributed by atoms with Crippen LogP contribution in [0.15, 0.2) is 45.9 Å². The van der Waals surface area contributed by atoms with Crippen molar-refractivity contribution in [2.75, 3.05) is 11.6 Å². The van der Waals surface area contributed by atoms with E-state index in [0.717, 1.165) is 15.4 Å². The van der Waals surface area contributed by atoms with E-state index < -0.39 is 0 Å². The van der Waals surface area contributed by atoms with Gasteiger partial charge in [0.25, 0.3) is 0 Å². The summed E-state index contributed by atoms with van der Waals surface area (Å²) in [6.07, 6.45) is 2.01. The van der Waals surface area contributed by atoms with Crippen LogP contribution in [0.3, 0.4) is 0 Å². The van der Waals surface area contributed by atoms with E-state index in [2.05, 4.69) is 38.8 Å². The van der Waals surface area contributed by atoms with Crippen LogP contribution in [-0.4, -0.2) is 6.67 Å². The maximum atomic E-state index is 13.1. The van der Waals surface area contributed by atoms with E-state index in [9.17, 15) is 4.39 Å². The highest BCUT2D eigenvalue weighted by Crippen LogP contribution is 2.27. The second-order valence-electron chi connectivity index (χ2n) is 4.49. The Bertz CT molecular complexity index is 755. The van der Waals surface area contributed by atoms with Gasteiger partial charge in [-0.05, 0) is 42.8 Å². The molecule has 0 unspecified atom stereocenters. The van der Waals surface area contributed by atoms with Crippen molar-refractivity contribution in [3.05, 3.63) is 62.8 Å². The molecule has 2 nitrogen and oxygen atoms in total. The van der Waals surface area contributed by atoms with Gasteiger partial charge in [0.1, 0.15) is 12.5 Å². The molecular formula is C15H12BrFN2. The van der Waals surface area contributed by atoms with Crippen molar-refractivity contribution in [2.45, 2.75) is 6.92 Å². The van der Waals surface area contributed by atoms with Crippen LogP contribution in [0.4, 0.5) is 10.1 Å². The van der Waals surface area contributed by atoms with Crippen LogP contribution in [0.5, 0.6) is 0 Å². The summed E-state index contributed by atoms with van der Waals surface area (Å²) in [6.45, 7) is 2.57. The number of rotatable bonds is 1. The monoisotopic (exact) mass is 318 g/mol. The lowest BCUT2D eigenvalue weighted by molar-refractivity contribution is 0.624. The van der Waals surface area contributed by atoms with Gasteiger partial charge >= 0.3 is 0 Å². The molecule has 2 aromatic carbocycles. The van der Waals surface area contributed by atoms with Gasteiger partial charge in [-0.1, -0.05) is 22.0 Å². The Balaban J connectivity index is 2.10. The van der Waals surface area contributed by atoms with Crippen LogP contribution >= 0.6 is 15.9 Å². The molecule has 4 heteroatoms. The molecule has 2 aromatic rings. The molecule has 0 atom stereocenters. The molecule has 0 aliphatic carbocycles. The Hall–Kier alpha value is -1.68. The summed E-state index contributed by atoms with van der Waals surface area (Å²) < 4.78 is 14.2. The molecule has 0 saturated carbocycles. The van der Waals surface area contributed by atoms with Crippen molar-refractivity contribution in [1.82, 2.24) is 0 Å². The fourth-order valence-corrected chi connectivity index (χ4v) is 2.53. The molecule has 0 amide bonds. The zero-order valence-electron chi connectivity index (χ0n) is 10.4. The van der Waals surface area contributed by atoms with E-state index in [1.807, 2.05) is 18.3 Å². The first-order valence-corrected chi connectivity index (χ1v) is 6.78. The second kappa shape index (κ2) is 4.78. The summed E-state index contributed by atoms with van der Waals surface area (Å²) in [6, 6.07) is 10.8. The maximum absolute atomic E-state index is 13.1. The molecular weight excluding hydrogens is 307 g/mol. The fourth-order valence-electron chi connectivity index (χ4n) is 2.18. The highest BCUT2D eigenvalue weighted by molar-refractivity contribution is 9.10. The molecule has 0 spiro atoms. The summed E-state index contributed by atoms with van der Waals surface area (Å²) in [5.74, 6) is -0.247. The minimum atomic E-state index is -0.247. The lowest BCUT2D eigenvalue weighted by Crippen LogP contribution is -2.36. The van der Waals surface area contributed by atoms with Gasteiger partial charge in [-0.15, -0.1) is 0 Å². The summed E-state index contributed by atoms with van der Waals surface area (Å²) in [5.41, 5.74) is 2.27. The van der Waals surface area contributed by atoms with Crippen LogP contribution in [0, 0.1) is 12.7 Å². The van der Waals surface area contributed by atoms with Crippen molar-refractivity contribution in [2.24, 2.45) is 4.99 Å². The average molecular weight is 319 g/mol. The fraction of sp³-hybridized carbons (Fsp3) is 0.133. The van der Waals surface area contributed by atoms with Gasteiger partial charge in [0.2, 0.25) is 0 Å². The number of halogens is 2. The first-order valence-electron chi connectivity index (χ1n) is 5.99. The highest BCUT2D eigenvalue weighted by Gasteiger charge is 2.10. The van der Waals surface area contributed by atoms with Crippen LogP contribution in [0.1, 0.15) is 5.56 Å². The van der Waals surface area contributed by atoms with Crippen LogP contribution < -0.4 is 15.5 Å². The van der Waals surface area contributed by atoms with E-state index in [-0.39, 0.29) is 5.82 Å².